The molecule has 26 heavy (non-hydrogen) atoms. The zero-order valence-corrected chi connectivity index (χ0v) is 17.1. The summed E-state index contributed by atoms with van der Waals surface area (Å²) in [6, 6.07) is -0.00129. The number of amides is 1. The summed E-state index contributed by atoms with van der Waals surface area (Å²) in [5, 5.41) is 3.37. The quantitative estimate of drug-likeness (QED) is 0.831. The summed E-state index contributed by atoms with van der Waals surface area (Å²) in [5.41, 5.74) is 0. The van der Waals surface area contributed by atoms with Gasteiger partial charge >= 0.3 is 0 Å². The van der Waals surface area contributed by atoms with Crippen LogP contribution in [0.2, 0.25) is 0 Å². The van der Waals surface area contributed by atoms with Crippen molar-refractivity contribution in [2.45, 2.75) is 38.8 Å². The van der Waals surface area contributed by atoms with E-state index in [9.17, 15) is 4.79 Å². The molecule has 146 valence electrons. The van der Waals surface area contributed by atoms with Crippen molar-refractivity contribution in [1.82, 2.24) is 29.3 Å². The highest BCUT2D eigenvalue weighted by molar-refractivity contribution is 5.85. The smallest absolute Gasteiger partial charge is 0.225 e. The first kappa shape index (κ1) is 22.5. The first-order valence-corrected chi connectivity index (χ1v) is 8.56. The van der Waals surface area contributed by atoms with Gasteiger partial charge in [0.2, 0.25) is 5.91 Å². The Morgan fingerprint density at radius 3 is 2.65 bits per heavy atom. The topological polar surface area (TPSA) is 68.0 Å². The second-order valence-electron chi connectivity index (χ2n) is 6.59. The molecule has 1 N–H and O–H groups in total. The van der Waals surface area contributed by atoms with Gasteiger partial charge in [-0.25, -0.2) is 9.97 Å². The third-order valence-electron chi connectivity index (χ3n) is 4.55. The van der Waals surface area contributed by atoms with Crippen LogP contribution in [0.25, 0.3) is 0 Å². The van der Waals surface area contributed by atoms with E-state index in [1.165, 1.54) is 0 Å². The van der Waals surface area contributed by atoms with E-state index in [0.29, 0.717) is 18.9 Å². The van der Waals surface area contributed by atoms with E-state index in [1.807, 2.05) is 28.9 Å². The zero-order chi connectivity index (χ0) is 17.1. The van der Waals surface area contributed by atoms with Crippen molar-refractivity contribution in [2.24, 2.45) is 7.05 Å². The summed E-state index contributed by atoms with van der Waals surface area (Å²) in [7, 11) is 1.97. The van der Waals surface area contributed by atoms with Crippen molar-refractivity contribution in [3.05, 3.63) is 36.4 Å². The molecule has 2 aromatic heterocycles. The van der Waals surface area contributed by atoms with E-state index in [2.05, 4.69) is 33.7 Å². The first-order chi connectivity index (χ1) is 11.6. The Hall–Kier alpha value is -1.57. The highest BCUT2D eigenvalue weighted by atomic mass is 35.5. The Labute approximate surface area is 167 Å². The number of nitrogens with one attached hydrogen (secondary N) is 1. The summed E-state index contributed by atoms with van der Waals surface area (Å²) in [6.07, 6.45) is 7.95. The molecule has 1 fully saturated rings. The molecule has 0 aliphatic carbocycles. The third-order valence-corrected chi connectivity index (χ3v) is 4.55. The van der Waals surface area contributed by atoms with Crippen LogP contribution < -0.4 is 5.32 Å². The molecular weight excluding hydrogens is 375 g/mol. The van der Waals surface area contributed by atoms with Crippen molar-refractivity contribution in [3.8, 4) is 0 Å². The van der Waals surface area contributed by atoms with E-state index in [-0.39, 0.29) is 36.8 Å². The number of hydrogen-bond acceptors (Lipinski definition) is 4. The molecule has 0 spiro atoms. The molecule has 0 aromatic carbocycles. The lowest BCUT2D eigenvalue weighted by atomic mass is 10.1. The number of imidazole rings is 2. The minimum Gasteiger partial charge on any atom is -0.336 e. The average molecular weight is 403 g/mol. The van der Waals surface area contributed by atoms with Crippen LogP contribution in [0.4, 0.5) is 0 Å². The van der Waals surface area contributed by atoms with Crippen LogP contribution in [0.1, 0.15) is 43.9 Å². The van der Waals surface area contributed by atoms with Gasteiger partial charge in [0.1, 0.15) is 17.7 Å². The SMILES string of the molecule is CC(C)c1nccn1CCC(=O)N1CCNCC1c1nccn1C.Cl.Cl. The molecule has 0 bridgehead atoms. The fourth-order valence-corrected chi connectivity index (χ4v) is 3.30. The third kappa shape index (κ3) is 4.78. The number of halogens is 2. The van der Waals surface area contributed by atoms with Crippen molar-refractivity contribution >= 4 is 30.7 Å². The second kappa shape index (κ2) is 9.94. The van der Waals surface area contributed by atoms with Crippen molar-refractivity contribution in [3.63, 3.8) is 0 Å². The number of aryl methyl sites for hydroxylation is 2. The first-order valence-electron chi connectivity index (χ1n) is 8.56. The molecule has 1 amide bonds. The fourth-order valence-electron chi connectivity index (χ4n) is 3.30. The Balaban J connectivity index is 0.00000169. The van der Waals surface area contributed by atoms with E-state index < -0.39 is 0 Å². The summed E-state index contributed by atoms with van der Waals surface area (Å²) in [4.78, 5) is 23.6. The number of aromatic nitrogens is 4. The second-order valence-corrected chi connectivity index (χ2v) is 6.59. The lowest BCUT2D eigenvalue weighted by Crippen LogP contribution is -2.49. The molecule has 1 unspecified atom stereocenters. The highest BCUT2D eigenvalue weighted by Crippen LogP contribution is 2.21. The molecule has 0 radical (unpaired) electrons. The maximum atomic E-state index is 12.8. The molecule has 9 heteroatoms. The Kier molecular flexibility index (Phi) is 8.59. The summed E-state index contributed by atoms with van der Waals surface area (Å²) < 4.78 is 4.07. The van der Waals surface area contributed by atoms with Gasteiger partial charge in [0, 0.05) is 70.4 Å². The number of piperazine rings is 1. The molecule has 1 aliphatic rings. The van der Waals surface area contributed by atoms with Gasteiger partial charge < -0.3 is 19.4 Å². The molecule has 3 heterocycles. The predicted molar refractivity (Wildman–Crippen MR) is 106 cm³/mol. The van der Waals surface area contributed by atoms with Crippen molar-refractivity contribution in [2.75, 3.05) is 19.6 Å². The number of hydrogen-bond donors (Lipinski definition) is 1. The van der Waals surface area contributed by atoms with Gasteiger partial charge in [-0.1, -0.05) is 13.8 Å². The standard InChI is InChI=1S/C17H26N6O.2ClH/c1-13(2)16-19-7-10-22(16)8-4-15(24)23-11-5-18-12-14(23)17-20-6-9-21(17)3;;/h6-7,9-10,13-14,18H,4-5,8,11-12H2,1-3H3;2*1H. The predicted octanol–water partition coefficient (Wildman–Crippen LogP) is 2.15. The Morgan fingerprint density at radius 1 is 1.27 bits per heavy atom. The van der Waals surface area contributed by atoms with Crippen molar-refractivity contribution < 1.29 is 4.79 Å². The molecule has 2 aromatic rings. The van der Waals surface area contributed by atoms with E-state index in [1.54, 1.807) is 12.4 Å². The highest BCUT2D eigenvalue weighted by Gasteiger charge is 2.30. The van der Waals surface area contributed by atoms with Gasteiger partial charge in [0.25, 0.3) is 0 Å². The average Bonchev–Trinajstić information content (AvgIpc) is 3.21. The van der Waals surface area contributed by atoms with Gasteiger partial charge in [-0.15, -0.1) is 24.8 Å². The lowest BCUT2D eigenvalue weighted by molar-refractivity contribution is -0.135. The van der Waals surface area contributed by atoms with Gasteiger partial charge in [-0.05, 0) is 0 Å². The van der Waals surface area contributed by atoms with Crippen LogP contribution >= 0.6 is 24.8 Å². The minimum atomic E-state index is -0.00129. The molecule has 1 aliphatic heterocycles. The van der Waals surface area contributed by atoms with Crippen LogP contribution in [-0.2, 0) is 18.4 Å². The van der Waals surface area contributed by atoms with Gasteiger partial charge in [-0.3, -0.25) is 4.79 Å². The van der Waals surface area contributed by atoms with Gasteiger partial charge in [-0.2, -0.15) is 0 Å². The van der Waals surface area contributed by atoms with E-state index in [4.69, 9.17) is 0 Å². The van der Waals surface area contributed by atoms with Crippen LogP contribution in [0.3, 0.4) is 0 Å². The zero-order valence-electron chi connectivity index (χ0n) is 15.5. The summed E-state index contributed by atoms with van der Waals surface area (Å²) in [5.74, 6) is 2.49. The normalized spacial score (nSPS) is 16.9. The molecule has 1 atom stereocenters. The van der Waals surface area contributed by atoms with Crippen LogP contribution in [-0.4, -0.2) is 49.5 Å². The molecule has 0 saturated carbocycles. The number of carbonyl (C=O) groups is 1. The van der Waals surface area contributed by atoms with Crippen LogP contribution in [0.15, 0.2) is 24.8 Å². The summed E-state index contributed by atoms with van der Waals surface area (Å²) in [6.45, 7) is 7.21. The number of carbonyl (C=O) groups excluding carboxylic acids is 1. The molecule has 3 rings (SSSR count). The molecule has 7 nitrogen and oxygen atoms in total. The number of nitrogens with zero attached hydrogens (tertiary/aromatic N) is 5. The van der Waals surface area contributed by atoms with Crippen LogP contribution in [0.5, 0.6) is 0 Å². The Bertz CT molecular complexity index is 699. The fraction of sp³-hybridized carbons (Fsp3) is 0.588. The minimum absolute atomic E-state index is 0. The largest absolute Gasteiger partial charge is 0.336 e. The summed E-state index contributed by atoms with van der Waals surface area (Å²) >= 11 is 0. The monoisotopic (exact) mass is 402 g/mol. The maximum Gasteiger partial charge on any atom is 0.225 e. The van der Waals surface area contributed by atoms with Crippen molar-refractivity contribution in [1.29, 1.82) is 0 Å². The molecule has 1 saturated heterocycles. The number of rotatable bonds is 5. The molecular formula is C17H28Cl2N6O. The van der Waals surface area contributed by atoms with Gasteiger partial charge in [0.15, 0.2) is 0 Å². The van der Waals surface area contributed by atoms with Gasteiger partial charge in [0.05, 0.1) is 0 Å². The van der Waals surface area contributed by atoms with E-state index in [0.717, 1.165) is 31.3 Å². The Morgan fingerprint density at radius 2 is 2.00 bits per heavy atom. The lowest BCUT2D eigenvalue weighted by Gasteiger charge is -2.36. The van der Waals surface area contributed by atoms with Crippen LogP contribution in [0, 0.1) is 0 Å². The van der Waals surface area contributed by atoms with E-state index >= 15 is 0 Å². The maximum absolute atomic E-state index is 12.8.